The van der Waals surface area contributed by atoms with Gasteiger partial charge in [0.2, 0.25) is 10.0 Å². The standard InChI is InChI=1S/C12H17NO6S/c1-3-19-12(15)6-7-20(16,17)13-10-8-9(18-2)4-5-11(10)14/h4-5,8,13-14H,3,6-7H2,1-2H3. The molecule has 112 valence electrons. The number of sulfonamides is 1. The molecule has 0 amide bonds. The van der Waals surface area contributed by atoms with Gasteiger partial charge in [-0.1, -0.05) is 0 Å². The first-order valence-corrected chi connectivity index (χ1v) is 7.56. The summed E-state index contributed by atoms with van der Waals surface area (Å²) >= 11 is 0. The fraction of sp³-hybridized carbons (Fsp3) is 0.417. The van der Waals surface area contributed by atoms with Crippen LogP contribution in [0.4, 0.5) is 5.69 Å². The van der Waals surface area contributed by atoms with Crippen LogP contribution in [0.1, 0.15) is 13.3 Å². The van der Waals surface area contributed by atoms with Crippen LogP contribution in [-0.4, -0.2) is 39.0 Å². The molecule has 2 N–H and O–H groups in total. The summed E-state index contributed by atoms with van der Waals surface area (Å²) in [6.45, 7) is 1.84. The lowest BCUT2D eigenvalue weighted by atomic mass is 10.3. The van der Waals surface area contributed by atoms with Gasteiger partial charge in [-0.25, -0.2) is 8.42 Å². The van der Waals surface area contributed by atoms with Crippen molar-refractivity contribution in [1.82, 2.24) is 0 Å². The van der Waals surface area contributed by atoms with Crippen molar-refractivity contribution in [3.63, 3.8) is 0 Å². The molecule has 0 atom stereocenters. The van der Waals surface area contributed by atoms with Gasteiger partial charge in [0.1, 0.15) is 11.5 Å². The van der Waals surface area contributed by atoms with Crippen molar-refractivity contribution in [3.05, 3.63) is 18.2 Å². The van der Waals surface area contributed by atoms with Crippen molar-refractivity contribution in [1.29, 1.82) is 0 Å². The smallest absolute Gasteiger partial charge is 0.306 e. The van der Waals surface area contributed by atoms with Gasteiger partial charge in [0.15, 0.2) is 0 Å². The van der Waals surface area contributed by atoms with Crippen LogP contribution in [0.25, 0.3) is 0 Å². The van der Waals surface area contributed by atoms with Crippen molar-refractivity contribution in [2.45, 2.75) is 13.3 Å². The maximum Gasteiger partial charge on any atom is 0.306 e. The summed E-state index contributed by atoms with van der Waals surface area (Å²) in [5.41, 5.74) is -0.00629. The zero-order chi connectivity index (χ0) is 15.2. The molecule has 0 radical (unpaired) electrons. The molecule has 7 nitrogen and oxygen atoms in total. The number of phenolic OH excluding ortho intramolecular Hbond substituents is 1. The summed E-state index contributed by atoms with van der Waals surface area (Å²) in [5.74, 6) is -0.855. The normalized spacial score (nSPS) is 10.9. The van der Waals surface area contributed by atoms with Crippen LogP contribution in [0, 0.1) is 0 Å². The number of esters is 1. The Morgan fingerprint density at radius 2 is 2.10 bits per heavy atom. The van der Waals surface area contributed by atoms with E-state index < -0.39 is 21.7 Å². The zero-order valence-electron chi connectivity index (χ0n) is 11.3. The quantitative estimate of drug-likeness (QED) is 0.577. The maximum absolute atomic E-state index is 11.8. The highest BCUT2D eigenvalue weighted by atomic mass is 32.2. The minimum Gasteiger partial charge on any atom is -0.506 e. The lowest BCUT2D eigenvalue weighted by Gasteiger charge is -2.10. The third kappa shape index (κ3) is 4.96. The molecule has 0 saturated carbocycles. The van der Waals surface area contributed by atoms with Gasteiger partial charge in [0, 0.05) is 6.07 Å². The first-order chi connectivity index (χ1) is 9.38. The van der Waals surface area contributed by atoms with Crippen LogP contribution in [-0.2, 0) is 19.6 Å². The second-order valence-corrected chi connectivity index (χ2v) is 5.70. The Hall–Kier alpha value is -1.96. The van der Waals surface area contributed by atoms with E-state index in [4.69, 9.17) is 4.74 Å². The highest BCUT2D eigenvalue weighted by Gasteiger charge is 2.16. The van der Waals surface area contributed by atoms with E-state index in [1.54, 1.807) is 6.92 Å². The molecule has 0 aromatic heterocycles. The molecule has 8 heteroatoms. The van der Waals surface area contributed by atoms with Gasteiger partial charge in [0.25, 0.3) is 0 Å². The molecular formula is C12H17NO6S. The van der Waals surface area contributed by atoms with Gasteiger partial charge in [-0.2, -0.15) is 0 Å². The molecule has 1 aromatic carbocycles. The Morgan fingerprint density at radius 3 is 2.70 bits per heavy atom. The molecule has 0 heterocycles. The summed E-state index contributed by atoms with van der Waals surface area (Å²) in [6, 6.07) is 4.14. The number of ether oxygens (including phenoxy) is 2. The Labute approximate surface area is 117 Å². The minimum absolute atomic E-state index is 0.00629. The summed E-state index contributed by atoms with van der Waals surface area (Å²) in [5, 5.41) is 9.58. The molecule has 0 aliphatic rings. The zero-order valence-corrected chi connectivity index (χ0v) is 12.1. The van der Waals surface area contributed by atoms with Crippen molar-refractivity contribution in [2.75, 3.05) is 24.2 Å². The van der Waals surface area contributed by atoms with E-state index >= 15 is 0 Å². The molecule has 0 unspecified atom stereocenters. The van der Waals surface area contributed by atoms with Crippen LogP contribution in [0.15, 0.2) is 18.2 Å². The van der Waals surface area contributed by atoms with Crippen LogP contribution in [0.3, 0.4) is 0 Å². The highest BCUT2D eigenvalue weighted by Crippen LogP contribution is 2.28. The third-order valence-electron chi connectivity index (χ3n) is 2.35. The van der Waals surface area contributed by atoms with E-state index in [0.717, 1.165) is 0 Å². The maximum atomic E-state index is 11.8. The van der Waals surface area contributed by atoms with E-state index in [0.29, 0.717) is 5.75 Å². The summed E-state index contributed by atoms with van der Waals surface area (Å²) in [4.78, 5) is 11.1. The number of nitrogens with one attached hydrogen (secondary N) is 1. The largest absolute Gasteiger partial charge is 0.506 e. The molecule has 20 heavy (non-hydrogen) atoms. The number of rotatable bonds is 7. The number of anilines is 1. The predicted molar refractivity (Wildman–Crippen MR) is 73.3 cm³/mol. The van der Waals surface area contributed by atoms with Gasteiger partial charge in [0.05, 0.1) is 31.6 Å². The second-order valence-electron chi connectivity index (χ2n) is 3.86. The molecule has 0 spiro atoms. The fourth-order valence-corrected chi connectivity index (χ4v) is 2.43. The monoisotopic (exact) mass is 303 g/mol. The van der Waals surface area contributed by atoms with E-state index in [2.05, 4.69) is 9.46 Å². The number of hydrogen-bond acceptors (Lipinski definition) is 6. The molecule has 0 bridgehead atoms. The third-order valence-corrected chi connectivity index (χ3v) is 3.62. The lowest BCUT2D eigenvalue weighted by Crippen LogP contribution is -2.20. The predicted octanol–water partition coefficient (Wildman–Crippen LogP) is 1.10. The Bertz CT molecular complexity index is 569. The van der Waals surface area contributed by atoms with E-state index in [9.17, 15) is 18.3 Å². The number of hydrogen-bond donors (Lipinski definition) is 2. The number of carbonyl (C=O) groups excluding carboxylic acids is 1. The average molecular weight is 303 g/mol. The highest BCUT2D eigenvalue weighted by molar-refractivity contribution is 7.92. The van der Waals surface area contributed by atoms with Crippen LogP contribution in [0.5, 0.6) is 11.5 Å². The van der Waals surface area contributed by atoms with Crippen LogP contribution < -0.4 is 9.46 Å². The first kappa shape index (κ1) is 16.1. The fourth-order valence-electron chi connectivity index (χ4n) is 1.39. The molecule has 1 rings (SSSR count). The van der Waals surface area contributed by atoms with Gasteiger partial charge >= 0.3 is 5.97 Å². The van der Waals surface area contributed by atoms with Gasteiger partial charge in [-0.3, -0.25) is 9.52 Å². The number of benzene rings is 1. The van der Waals surface area contributed by atoms with E-state index in [-0.39, 0.29) is 24.5 Å². The molecule has 0 aliphatic heterocycles. The molecule has 0 fully saturated rings. The molecular weight excluding hydrogens is 286 g/mol. The van der Waals surface area contributed by atoms with Crippen molar-refractivity contribution in [3.8, 4) is 11.5 Å². The number of aromatic hydroxyl groups is 1. The number of carbonyl (C=O) groups is 1. The van der Waals surface area contributed by atoms with Gasteiger partial charge in [-0.15, -0.1) is 0 Å². The van der Waals surface area contributed by atoms with Crippen molar-refractivity contribution in [2.24, 2.45) is 0 Å². The lowest BCUT2D eigenvalue weighted by molar-refractivity contribution is -0.142. The number of phenols is 1. The molecule has 1 aromatic rings. The SMILES string of the molecule is CCOC(=O)CCS(=O)(=O)Nc1cc(OC)ccc1O. The van der Waals surface area contributed by atoms with E-state index in [1.165, 1.54) is 25.3 Å². The molecule has 0 saturated heterocycles. The summed E-state index contributed by atoms with van der Waals surface area (Å²) in [7, 11) is -2.34. The summed E-state index contributed by atoms with van der Waals surface area (Å²) < 4.78 is 35.4. The summed E-state index contributed by atoms with van der Waals surface area (Å²) in [6.07, 6.45) is -0.256. The van der Waals surface area contributed by atoms with E-state index in [1.807, 2.05) is 0 Å². The minimum atomic E-state index is -3.76. The Balaban J connectivity index is 2.73. The topological polar surface area (TPSA) is 102 Å². The van der Waals surface area contributed by atoms with Crippen LogP contribution in [0.2, 0.25) is 0 Å². The van der Waals surface area contributed by atoms with Crippen molar-refractivity contribution >= 4 is 21.7 Å². The number of methoxy groups -OCH3 is 1. The first-order valence-electron chi connectivity index (χ1n) is 5.91. The Morgan fingerprint density at radius 1 is 1.40 bits per heavy atom. The second kappa shape index (κ2) is 6.99. The van der Waals surface area contributed by atoms with Gasteiger partial charge < -0.3 is 14.6 Å². The van der Waals surface area contributed by atoms with Gasteiger partial charge in [-0.05, 0) is 19.1 Å². The van der Waals surface area contributed by atoms with Crippen molar-refractivity contribution < 1.29 is 27.8 Å². The molecule has 0 aliphatic carbocycles. The average Bonchev–Trinajstić information content (AvgIpc) is 2.39. The van der Waals surface area contributed by atoms with Crippen LogP contribution >= 0.6 is 0 Å². The Kier molecular flexibility index (Phi) is 5.63.